The van der Waals surface area contributed by atoms with Crippen LogP contribution >= 0.6 is 11.8 Å². The van der Waals surface area contributed by atoms with Crippen LogP contribution in [-0.2, 0) is 14.4 Å². The highest BCUT2D eigenvalue weighted by Gasteiger charge is 2.25. The van der Waals surface area contributed by atoms with Gasteiger partial charge >= 0.3 is 5.97 Å². The summed E-state index contributed by atoms with van der Waals surface area (Å²) in [4.78, 5) is 32.9. The first kappa shape index (κ1) is 16.8. The Hall–Kier alpha value is -1.24. The van der Waals surface area contributed by atoms with Crippen molar-refractivity contribution in [3.05, 3.63) is 0 Å². The van der Waals surface area contributed by atoms with Gasteiger partial charge in [-0.2, -0.15) is 11.8 Å². The quantitative estimate of drug-likeness (QED) is 0.569. The molecule has 1 aliphatic rings. The van der Waals surface area contributed by atoms with Crippen LogP contribution in [0, 0.1) is 11.8 Å². The fraction of sp³-hybridized carbons (Fsp3) is 0.769. The standard InChI is InChI=1S/C13H22N2O4S/c14-11(16)8-20-6-5-12(17)15-7-9-1-3-10(4-2-9)13(18)19/h9-10H,1-8H2,(H2,14,16)(H,15,17)(H,18,19). The van der Waals surface area contributed by atoms with Crippen molar-refractivity contribution < 1.29 is 19.5 Å². The van der Waals surface area contributed by atoms with Crippen LogP contribution in [0.3, 0.4) is 0 Å². The van der Waals surface area contributed by atoms with Gasteiger partial charge in [-0.15, -0.1) is 0 Å². The molecule has 0 aromatic rings. The molecule has 0 radical (unpaired) electrons. The van der Waals surface area contributed by atoms with Crippen molar-refractivity contribution in [1.29, 1.82) is 0 Å². The zero-order valence-corrected chi connectivity index (χ0v) is 12.3. The fourth-order valence-electron chi connectivity index (χ4n) is 2.30. The molecule has 0 unspecified atom stereocenters. The number of primary amides is 1. The van der Waals surface area contributed by atoms with Crippen molar-refractivity contribution >= 4 is 29.5 Å². The van der Waals surface area contributed by atoms with E-state index in [4.69, 9.17) is 10.8 Å². The topological polar surface area (TPSA) is 109 Å². The van der Waals surface area contributed by atoms with E-state index in [0.29, 0.717) is 37.5 Å². The second kappa shape index (κ2) is 8.84. The molecule has 0 aromatic heterocycles. The lowest BCUT2D eigenvalue weighted by atomic mass is 9.82. The molecular weight excluding hydrogens is 280 g/mol. The molecule has 0 bridgehead atoms. The van der Waals surface area contributed by atoms with E-state index in [-0.39, 0.29) is 23.5 Å². The molecule has 0 aromatic carbocycles. The number of carboxylic acids is 1. The first-order chi connectivity index (χ1) is 9.49. The largest absolute Gasteiger partial charge is 0.481 e. The number of carbonyl (C=O) groups excluding carboxylic acids is 2. The van der Waals surface area contributed by atoms with E-state index in [1.54, 1.807) is 0 Å². The molecule has 7 heteroatoms. The number of hydrogen-bond acceptors (Lipinski definition) is 4. The van der Waals surface area contributed by atoms with Crippen molar-refractivity contribution in [2.24, 2.45) is 17.6 Å². The van der Waals surface area contributed by atoms with Crippen molar-refractivity contribution in [3.63, 3.8) is 0 Å². The number of hydrogen-bond donors (Lipinski definition) is 3. The number of nitrogens with one attached hydrogen (secondary N) is 1. The lowest BCUT2D eigenvalue weighted by Crippen LogP contribution is -2.32. The molecule has 4 N–H and O–H groups in total. The Morgan fingerprint density at radius 3 is 2.40 bits per heavy atom. The Bertz CT molecular complexity index is 354. The molecule has 6 nitrogen and oxygen atoms in total. The summed E-state index contributed by atoms with van der Waals surface area (Å²) in [6.45, 7) is 0.617. The van der Waals surface area contributed by atoms with Gasteiger partial charge in [0.1, 0.15) is 0 Å². The number of amides is 2. The molecule has 1 saturated carbocycles. The number of carboxylic acid groups (broad SMARTS) is 1. The minimum Gasteiger partial charge on any atom is -0.481 e. The van der Waals surface area contributed by atoms with Crippen LogP contribution in [0.4, 0.5) is 0 Å². The van der Waals surface area contributed by atoms with Crippen LogP contribution in [0.2, 0.25) is 0 Å². The van der Waals surface area contributed by atoms with Crippen LogP contribution < -0.4 is 11.1 Å². The summed E-state index contributed by atoms with van der Waals surface area (Å²) in [5.74, 6) is -0.112. The first-order valence-electron chi connectivity index (χ1n) is 6.84. The van der Waals surface area contributed by atoms with Crippen molar-refractivity contribution in [3.8, 4) is 0 Å². The number of carbonyl (C=O) groups is 3. The zero-order valence-electron chi connectivity index (χ0n) is 11.5. The van der Waals surface area contributed by atoms with Gasteiger partial charge in [-0.25, -0.2) is 0 Å². The van der Waals surface area contributed by atoms with Crippen molar-refractivity contribution in [2.75, 3.05) is 18.1 Å². The molecule has 2 amide bonds. The Morgan fingerprint density at radius 1 is 1.20 bits per heavy atom. The SMILES string of the molecule is NC(=O)CSCCC(=O)NCC1CCC(C(=O)O)CC1. The van der Waals surface area contributed by atoms with E-state index in [1.165, 1.54) is 11.8 Å². The van der Waals surface area contributed by atoms with Crippen LogP contribution in [0.25, 0.3) is 0 Å². The van der Waals surface area contributed by atoms with E-state index in [2.05, 4.69) is 5.32 Å². The zero-order chi connectivity index (χ0) is 15.0. The molecule has 114 valence electrons. The maximum atomic E-state index is 11.6. The average molecular weight is 302 g/mol. The third-order valence-electron chi connectivity index (χ3n) is 3.50. The number of nitrogens with two attached hydrogens (primary N) is 1. The Labute approximate surface area is 122 Å². The third-order valence-corrected chi connectivity index (χ3v) is 4.48. The lowest BCUT2D eigenvalue weighted by Gasteiger charge is -2.26. The third kappa shape index (κ3) is 6.79. The highest BCUT2D eigenvalue weighted by Crippen LogP contribution is 2.28. The highest BCUT2D eigenvalue weighted by molar-refractivity contribution is 7.99. The molecular formula is C13H22N2O4S. The van der Waals surface area contributed by atoms with Crippen LogP contribution in [0.1, 0.15) is 32.1 Å². The summed E-state index contributed by atoms with van der Waals surface area (Å²) in [6.07, 6.45) is 3.48. The van der Waals surface area contributed by atoms with Crippen LogP contribution in [0.5, 0.6) is 0 Å². The summed E-state index contributed by atoms with van der Waals surface area (Å²) < 4.78 is 0. The highest BCUT2D eigenvalue weighted by atomic mass is 32.2. The van der Waals surface area contributed by atoms with Gasteiger partial charge in [-0.3, -0.25) is 14.4 Å². The van der Waals surface area contributed by atoms with Gasteiger partial charge in [0.15, 0.2) is 0 Å². The lowest BCUT2D eigenvalue weighted by molar-refractivity contribution is -0.143. The van der Waals surface area contributed by atoms with Crippen LogP contribution in [-0.4, -0.2) is 40.9 Å². The monoisotopic (exact) mass is 302 g/mol. The summed E-state index contributed by atoms with van der Waals surface area (Å²) >= 11 is 1.35. The molecule has 0 saturated heterocycles. The normalized spacial score (nSPS) is 22.2. The van der Waals surface area contributed by atoms with Gasteiger partial charge in [-0.05, 0) is 31.6 Å². The minimum atomic E-state index is -0.709. The molecule has 0 spiro atoms. The number of thioether (sulfide) groups is 1. The predicted octanol–water partition coefficient (Wildman–Crippen LogP) is 0.602. The Balaban J connectivity index is 2.07. The van der Waals surface area contributed by atoms with E-state index in [9.17, 15) is 14.4 Å². The van der Waals surface area contributed by atoms with Crippen molar-refractivity contribution in [1.82, 2.24) is 5.32 Å². The summed E-state index contributed by atoms with van der Waals surface area (Å²) in [5.41, 5.74) is 5.00. The summed E-state index contributed by atoms with van der Waals surface area (Å²) in [7, 11) is 0. The molecule has 1 fully saturated rings. The summed E-state index contributed by atoms with van der Waals surface area (Å²) in [6, 6.07) is 0. The first-order valence-corrected chi connectivity index (χ1v) is 8.00. The number of rotatable bonds is 8. The van der Waals surface area contributed by atoms with E-state index >= 15 is 0 Å². The van der Waals surface area contributed by atoms with Gasteiger partial charge in [0.2, 0.25) is 11.8 Å². The molecule has 0 aliphatic heterocycles. The smallest absolute Gasteiger partial charge is 0.306 e. The second-order valence-corrected chi connectivity index (χ2v) is 6.23. The van der Waals surface area contributed by atoms with E-state index in [0.717, 1.165) is 12.8 Å². The van der Waals surface area contributed by atoms with E-state index < -0.39 is 5.97 Å². The molecule has 1 aliphatic carbocycles. The molecule has 0 heterocycles. The second-order valence-electron chi connectivity index (χ2n) is 5.13. The van der Waals surface area contributed by atoms with Crippen molar-refractivity contribution in [2.45, 2.75) is 32.1 Å². The molecule has 1 rings (SSSR count). The number of aliphatic carboxylic acids is 1. The van der Waals surface area contributed by atoms with Gasteiger partial charge in [0, 0.05) is 18.7 Å². The van der Waals surface area contributed by atoms with E-state index in [1.807, 2.05) is 0 Å². The molecule has 20 heavy (non-hydrogen) atoms. The van der Waals surface area contributed by atoms with Crippen LogP contribution in [0.15, 0.2) is 0 Å². The average Bonchev–Trinajstić information content (AvgIpc) is 2.41. The van der Waals surface area contributed by atoms with Gasteiger partial charge < -0.3 is 16.2 Å². The van der Waals surface area contributed by atoms with Gasteiger partial charge in [0.25, 0.3) is 0 Å². The minimum absolute atomic E-state index is 0.0256. The Morgan fingerprint density at radius 2 is 1.85 bits per heavy atom. The maximum Gasteiger partial charge on any atom is 0.306 e. The molecule has 0 atom stereocenters. The predicted molar refractivity (Wildman–Crippen MR) is 77.2 cm³/mol. The summed E-state index contributed by atoms with van der Waals surface area (Å²) in [5, 5.41) is 11.8. The Kier molecular flexibility index (Phi) is 7.43. The fourth-order valence-corrected chi connectivity index (χ4v) is 2.97. The van der Waals surface area contributed by atoms with Gasteiger partial charge in [-0.1, -0.05) is 0 Å². The van der Waals surface area contributed by atoms with Gasteiger partial charge in [0.05, 0.1) is 11.7 Å². The maximum absolute atomic E-state index is 11.6.